The number of amides is 2. The minimum atomic E-state index is -0.435. The highest BCUT2D eigenvalue weighted by Crippen LogP contribution is 2.37. The lowest BCUT2D eigenvalue weighted by atomic mass is 9.83. The Morgan fingerprint density at radius 1 is 1.25 bits per heavy atom. The molecule has 1 aliphatic rings. The third kappa shape index (κ3) is 5.21. The van der Waals surface area contributed by atoms with Gasteiger partial charge in [-0.3, -0.25) is 9.59 Å². The summed E-state index contributed by atoms with van der Waals surface area (Å²) in [5.41, 5.74) is 2.91. The minimum absolute atomic E-state index is 0.0855. The first-order chi connectivity index (χ1) is 13.4. The van der Waals surface area contributed by atoms with E-state index in [2.05, 4.69) is 5.32 Å². The van der Waals surface area contributed by atoms with Crippen molar-refractivity contribution in [1.29, 1.82) is 0 Å². The molecule has 2 amide bonds. The lowest BCUT2D eigenvalue weighted by Crippen LogP contribution is -2.44. The van der Waals surface area contributed by atoms with E-state index in [0.29, 0.717) is 17.8 Å². The Morgan fingerprint density at radius 2 is 2.00 bits per heavy atom. The van der Waals surface area contributed by atoms with Crippen molar-refractivity contribution >= 4 is 17.8 Å². The van der Waals surface area contributed by atoms with E-state index in [-0.39, 0.29) is 37.3 Å². The Labute approximate surface area is 166 Å². The first-order valence-corrected chi connectivity index (χ1v) is 9.90. The Morgan fingerprint density at radius 3 is 2.64 bits per heavy atom. The Kier molecular flexibility index (Phi) is 7.79. The van der Waals surface area contributed by atoms with Crippen molar-refractivity contribution < 1.29 is 19.1 Å². The van der Waals surface area contributed by atoms with Crippen molar-refractivity contribution in [1.82, 2.24) is 10.2 Å². The van der Waals surface area contributed by atoms with Crippen LogP contribution in [0, 0.1) is 6.92 Å². The van der Waals surface area contributed by atoms with Crippen molar-refractivity contribution in [3.05, 3.63) is 46.7 Å². The van der Waals surface area contributed by atoms with Crippen molar-refractivity contribution in [2.45, 2.75) is 52.9 Å². The third-order valence-electron chi connectivity index (χ3n) is 4.92. The fraction of sp³-hybridized carbons (Fsp3) is 0.500. The second-order valence-corrected chi connectivity index (χ2v) is 7.07. The number of aryl methyl sites for hydroxylation is 1. The van der Waals surface area contributed by atoms with Crippen molar-refractivity contribution in [2.75, 3.05) is 19.7 Å². The maximum atomic E-state index is 12.8. The van der Waals surface area contributed by atoms with Crippen LogP contribution in [0.1, 0.15) is 57.1 Å². The van der Waals surface area contributed by atoms with Crippen LogP contribution in [-0.4, -0.2) is 42.4 Å². The predicted molar refractivity (Wildman–Crippen MR) is 108 cm³/mol. The lowest BCUT2D eigenvalue weighted by Gasteiger charge is -2.34. The van der Waals surface area contributed by atoms with Crippen molar-refractivity contribution in [3.8, 4) is 0 Å². The minimum Gasteiger partial charge on any atom is -0.463 e. The monoisotopic (exact) mass is 386 g/mol. The molecule has 28 heavy (non-hydrogen) atoms. The molecule has 0 aromatic heterocycles. The quantitative estimate of drug-likeness (QED) is 0.550. The first kappa shape index (κ1) is 21.7. The molecule has 0 unspecified atom stereocenters. The van der Waals surface area contributed by atoms with Crippen molar-refractivity contribution in [3.63, 3.8) is 0 Å². The van der Waals surface area contributed by atoms with Gasteiger partial charge in [0, 0.05) is 24.6 Å². The number of ether oxygens (including phenoxy) is 1. The van der Waals surface area contributed by atoms with E-state index in [1.807, 2.05) is 38.1 Å². The Hall–Kier alpha value is -2.63. The topological polar surface area (TPSA) is 75.7 Å². The second-order valence-electron chi connectivity index (χ2n) is 7.07. The highest BCUT2D eigenvalue weighted by Gasteiger charge is 2.37. The van der Waals surface area contributed by atoms with Crippen molar-refractivity contribution in [2.24, 2.45) is 0 Å². The zero-order chi connectivity index (χ0) is 20.7. The molecular formula is C22H30N2O4. The summed E-state index contributed by atoms with van der Waals surface area (Å²) in [6, 6.07) is 7.80. The molecule has 1 aliphatic heterocycles. The first-order valence-electron chi connectivity index (χ1n) is 9.90. The Bertz CT molecular complexity index is 770. The summed E-state index contributed by atoms with van der Waals surface area (Å²) in [6.07, 6.45) is 2.00. The number of benzene rings is 1. The van der Waals surface area contributed by atoms with Gasteiger partial charge in [-0.05, 0) is 32.8 Å². The maximum absolute atomic E-state index is 12.8. The van der Waals surface area contributed by atoms with Gasteiger partial charge >= 0.3 is 5.97 Å². The molecule has 1 aromatic rings. The molecule has 1 atom stereocenters. The molecule has 0 radical (unpaired) electrons. The molecule has 0 saturated heterocycles. The molecule has 152 valence electrons. The average Bonchev–Trinajstić information content (AvgIpc) is 2.65. The Balaban J connectivity index is 2.35. The van der Waals surface area contributed by atoms with Crippen LogP contribution in [-0.2, 0) is 19.1 Å². The van der Waals surface area contributed by atoms with E-state index < -0.39 is 5.97 Å². The summed E-state index contributed by atoms with van der Waals surface area (Å²) < 4.78 is 5.27. The number of carbonyl (C=O) groups excluding carboxylic acids is 3. The van der Waals surface area contributed by atoms with E-state index in [4.69, 9.17) is 4.74 Å². The smallest absolute Gasteiger partial charge is 0.336 e. The molecule has 0 saturated carbocycles. The van der Waals surface area contributed by atoms with E-state index in [9.17, 15) is 14.4 Å². The highest BCUT2D eigenvalue weighted by molar-refractivity contribution is 5.97. The number of allylic oxidation sites excluding steroid dienone is 1. The number of carbonyl (C=O) groups is 3. The van der Waals surface area contributed by atoms with Crippen LogP contribution in [0.15, 0.2) is 35.5 Å². The van der Waals surface area contributed by atoms with Gasteiger partial charge in [-0.1, -0.05) is 43.2 Å². The summed E-state index contributed by atoms with van der Waals surface area (Å²) in [5.74, 6) is -1.19. The lowest BCUT2D eigenvalue weighted by molar-refractivity contribution is -0.141. The summed E-state index contributed by atoms with van der Waals surface area (Å²) >= 11 is 0. The third-order valence-corrected chi connectivity index (χ3v) is 4.92. The van der Waals surface area contributed by atoms with Gasteiger partial charge < -0.3 is 15.0 Å². The van der Waals surface area contributed by atoms with Gasteiger partial charge in [0.2, 0.25) is 11.8 Å². The molecule has 0 aliphatic carbocycles. The van der Waals surface area contributed by atoms with Crippen LogP contribution in [0.25, 0.3) is 0 Å². The molecule has 6 heteroatoms. The number of nitrogens with one attached hydrogen (secondary N) is 1. The summed E-state index contributed by atoms with van der Waals surface area (Å²) in [4.78, 5) is 39.2. The van der Waals surface area contributed by atoms with Crippen LogP contribution < -0.4 is 5.32 Å². The molecule has 1 heterocycles. The van der Waals surface area contributed by atoms with Gasteiger partial charge in [0.15, 0.2) is 0 Å². The molecule has 0 spiro atoms. The van der Waals surface area contributed by atoms with Crippen LogP contribution >= 0.6 is 0 Å². The van der Waals surface area contributed by atoms with Gasteiger partial charge in [-0.25, -0.2) is 4.79 Å². The van der Waals surface area contributed by atoms with Crippen LogP contribution in [0.4, 0.5) is 0 Å². The number of unbranched alkanes of at least 4 members (excludes halogenated alkanes) is 1. The van der Waals surface area contributed by atoms with E-state index in [1.165, 1.54) is 4.90 Å². The number of nitrogens with zero attached hydrogens (tertiary/aromatic N) is 1. The number of hydrogen-bond donors (Lipinski definition) is 1. The van der Waals surface area contributed by atoms with Gasteiger partial charge in [-0.15, -0.1) is 0 Å². The van der Waals surface area contributed by atoms with Gasteiger partial charge in [0.05, 0.1) is 12.2 Å². The number of rotatable bonds is 8. The fourth-order valence-electron chi connectivity index (χ4n) is 3.45. The molecule has 2 rings (SSSR count). The normalized spacial score (nSPS) is 16.9. The van der Waals surface area contributed by atoms with Crippen LogP contribution in [0.5, 0.6) is 0 Å². The molecule has 1 aromatic carbocycles. The van der Waals surface area contributed by atoms with E-state index in [0.717, 1.165) is 24.0 Å². The zero-order valence-electron chi connectivity index (χ0n) is 17.2. The molecule has 0 fully saturated rings. The maximum Gasteiger partial charge on any atom is 0.336 e. The number of esters is 1. The van der Waals surface area contributed by atoms with Gasteiger partial charge in [0.1, 0.15) is 6.54 Å². The van der Waals surface area contributed by atoms with Crippen LogP contribution in [0.3, 0.4) is 0 Å². The molecule has 6 nitrogen and oxygen atoms in total. The molecular weight excluding hydrogens is 356 g/mol. The largest absolute Gasteiger partial charge is 0.463 e. The zero-order valence-corrected chi connectivity index (χ0v) is 17.2. The SMILES string of the molecule is CCCCNC(=O)CN1C(=O)C[C@H](c2cccc(C)c2)C(C(=O)OCC)=C1C. The van der Waals surface area contributed by atoms with Gasteiger partial charge in [0.25, 0.3) is 0 Å². The summed E-state index contributed by atoms with van der Waals surface area (Å²) in [5, 5.41) is 2.82. The van der Waals surface area contributed by atoms with Gasteiger partial charge in [-0.2, -0.15) is 0 Å². The summed E-state index contributed by atoms with van der Waals surface area (Å²) in [6.45, 7) is 8.23. The molecule has 0 bridgehead atoms. The van der Waals surface area contributed by atoms with E-state index >= 15 is 0 Å². The standard InChI is InChI=1S/C22H30N2O4/c1-5-7-11-23-19(25)14-24-16(4)21(22(27)28-6-2)18(13-20(24)26)17-10-8-9-15(3)12-17/h8-10,12,18H,5-7,11,13-14H2,1-4H3,(H,23,25)/t18-/m1/s1. The summed E-state index contributed by atoms with van der Waals surface area (Å²) in [7, 11) is 0. The number of hydrogen-bond acceptors (Lipinski definition) is 4. The van der Waals surface area contributed by atoms with E-state index in [1.54, 1.807) is 13.8 Å². The predicted octanol–water partition coefficient (Wildman–Crippen LogP) is 3.06. The highest BCUT2D eigenvalue weighted by atomic mass is 16.5. The average molecular weight is 386 g/mol. The fourth-order valence-corrected chi connectivity index (χ4v) is 3.45. The second kappa shape index (κ2) is 10.1. The van der Waals surface area contributed by atoms with Crippen LogP contribution in [0.2, 0.25) is 0 Å². The molecule has 1 N–H and O–H groups in total.